The first-order valence-electron chi connectivity index (χ1n) is 4.44. The van der Waals surface area contributed by atoms with E-state index < -0.39 is 0 Å². The predicted molar refractivity (Wildman–Crippen MR) is 51.8 cm³/mol. The van der Waals surface area contributed by atoms with E-state index in [1.807, 2.05) is 30.3 Å². The van der Waals surface area contributed by atoms with Crippen molar-refractivity contribution in [3.05, 3.63) is 48.5 Å². The minimum Gasteiger partial charge on any atom is -0.334 e. The highest BCUT2D eigenvalue weighted by Crippen LogP contribution is 1.99. The minimum atomic E-state index is -0.346. The van der Waals surface area contributed by atoms with Gasteiger partial charge in [-0.1, -0.05) is 30.3 Å². The zero-order valence-electron chi connectivity index (χ0n) is 7.91. The third-order valence-corrected chi connectivity index (χ3v) is 1.80. The number of aromatic nitrogens is 3. The fourth-order valence-corrected chi connectivity index (χ4v) is 1.15. The van der Waals surface area contributed by atoms with Crippen LogP contribution in [-0.2, 0) is 11.2 Å². The van der Waals surface area contributed by atoms with Crippen molar-refractivity contribution in [2.45, 2.75) is 6.42 Å². The number of rotatable bonds is 3. The van der Waals surface area contributed by atoms with Crippen molar-refractivity contribution in [2.24, 2.45) is 0 Å². The number of carbonyl (C=O) groups is 1. The molecule has 0 fully saturated rings. The van der Waals surface area contributed by atoms with Gasteiger partial charge in [0.05, 0.1) is 6.42 Å². The number of hydrogen-bond acceptors (Lipinski definition) is 4. The monoisotopic (exact) mass is 203 g/mol. The first-order chi connectivity index (χ1) is 7.34. The Labute approximate surface area is 86.3 Å². The van der Waals surface area contributed by atoms with Gasteiger partial charge in [-0.25, -0.2) is 4.79 Å². The molecule has 1 aromatic carbocycles. The summed E-state index contributed by atoms with van der Waals surface area (Å²) >= 11 is 0. The smallest absolute Gasteiger partial charge is 0.334 e. The van der Waals surface area contributed by atoms with Crippen LogP contribution in [0.2, 0.25) is 0 Å². The molecular formula is C10H9N3O2. The Hall–Kier alpha value is -2.17. The van der Waals surface area contributed by atoms with Crippen molar-refractivity contribution < 1.29 is 9.63 Å². The quantitative estimate of drug-likeness (QED) is 0.727. The van der Waals surface area contributed by atoms with Gasteiger partial charge in [-0.2, -0.15) is 0 Å². The molecule has 0 N–H and O–H groups in total. The van der Waals surface area contributed by atoms with Crippen LogP contribution in [0.25, 0.3) is 0 Å². The zero-order valence-corrected chi connectivity index (χ0v) is 7.91. The van der Waals surface area contributed by atoms with Crippen LogP contribution in [0.1, 0.15) is 5.56 Å². The maximum Gasteiger partial charge on any atom is 0.337 e. The Morgan fingerprint density at radius 2 is 1.87 bits per heavy atom. The molecule has 0 aliphatic carbocycles. The van der Waals surface area contributed by atoms with E-state index in [1.54, 1.807) is 0 Å². The van der Waals surface area contributed by atoms with Gasteiger partial charge < -0.3 is 4.84 Å². The third-order valence-electron chi connectivity index (χ3n) is 1.80. The second-order valence-electron chi connectivity index (χ2n) is 2.95. The van der Waals surface area contributed by atoms with E-state index in [9.17, 15) is 4.79 Å². The van der Waals surface area contributed by atoms with Crippen LogP contribution in [-0.4, -0.2) is 20.9 Å². The van der Waals surface area contributed by atoms with Crippen LogP contribution >= 0.6 is 0 Å². The second-order valence-corrected chi connectivity index (χ2v) is 2.95. The number of hydrogen-bond donors (Lipinski definition) is 0. The van der Waals surface area contributed by atoms with Gasteiger partial charge in [-0.3, -0.25) is 0 Å². The van der Waals surface area contributed by atoms with Gasteiger partial charge in [0.2, 0.25) is 0 Å². The van der Waals surface area contributed by atoms with Crippen LogP contribution in [0.4, 0.5) is 0 Å². The lowest BCUT2D eigenvalue weighted by Gasteiger charge is -2.02. The van der Waals surface area contributed by atoms with Crippen molar-refractivity contribution in [1.29, 1.82) is 0 Å². The van der Waals surface area contributed by atoms with Gasteiger partial charge in [0.15, 0.2) is 12.7 Å². The average Bonchev–Trinajstić information content (AvgIpc) is 2.71. The molecule has 15 heavy (non-hydrogen) atoms. The maximum atomic E-state index is 11.4. The molecule has 0 saturated heterocycles. The predicted octanol–water partition coefficient (Wildman–Crippen LogP) is 0.476. The zero-order chi connectivity index (χ0) is 10.5. The standard InChI is InChI=1S/C10H9N3O2/c14-10(15-13-7-11-12-8-13)6-9-4-2-1-3-5-9/h1-5,7-8H,6H2. The average molecular weight is 203 g/mol. The van der Waals surface area contributed by atoms with E-state index in [-0.39, 0.29) is 12.4 Å². The van der Waals surface area contributed by atoms with Gasteiger partial charge in [-0.05, 0) is 5.56 Å². The maximum absolute atomic E-state index is 11.4. The van der Waals surface area contributed by atoms with E-state index in [0.717, 1.165) is 5.56 Å². The molecule has 2 rings (SSSR count). The summed E-state index contributed by atoms with van der Waals surface area (Å²) in [5.74, 6) is -0.346. The normalized spacial score (nSPS) is 9.87. The molecule has 0 bridgehead atoms. The summed E-state index contributed by atoms with van der Waals surface area (Å²) in [6.45, 7) is 0. The lowest BCUT2D eigenvalue weighted by molar-refractivity contribution is -0.143. The van der Waals surface area contributed by atoms with E-state index in [2.05, 4.69) is 10.2 Å². The van der Waals surface area contributed by atoms with Crippen molar-refractivity contribution in [1.82, 2.24) is 14.9 Å². The highest BCUT2D eigenvalue weighted by molar-refractivity contribution is 5.72. The van der Waals surface area contributed by atoms with Crippen LogP contribution in [0, 0.1) is 0 Å². The van der Waals surface area contributed by atoms with Crippen LogP contribution in [0.3, 0.4) is 0 Å². The molecule has 0 unspecified atom stereocenters. The first kappa shape index (κ1) is 9.39. The molecular weight excluding hydrogens is 194 g/mol. The summed E-state index contributed by atoms with van der Waals surface area (Å²) in [6, 6.07) is 9.39. The molecule has 2 aromatic rings. The summed E-state index contributed by atoms with van der Waals surface area (Å²) < 4.78 is 1.17. The van der Waals surface area contributed by atoms with Crippen molar-refractivity contribution in [2.75, 3.05) is 0 Å². The highest BCUT2D eigenvalue weighted by atomic mass is 16.7. The third kappa shape index (κ3) is 2.63. The largest absolute Gasteiger partial charge is 0.337 e. The Balaban J connectivity index is 1.94. The van der Waals surface area contributed by atoms with E-state index in [4.69, 9.17) is 4.84 Å². The van der Waals surface area contributed by atoms with E-state index in [0.29, 0.717) is 0 Å². The van der Waals surface area contributed by atoms with Gasteiger partial charge in [0.25, 0.3) is 0 Å². The first-order valence-corrected chi connectivity index (χ1v) is 4.44. The summed E-state index contributed by atoms with van der Waals surface area (Å²) in [5.41, 5.74) is 0.913. The Morgan fingerprint density at radius 1 is 1.20 bits per heavy atom. The van der Waals surface area contributed by atoms with Gasteiger partial charge >= 0.3 is 5.97 Å². The van der Waals surface area contributed by atoms with E-state index in [1.165, 1.54) is 17.4 Å². The summed E-state index contributed by atoms with van der Waals surface area (Å²) in [7, 11) is 0. The van der Waals surface area contributed by atoms with Gasteiger partial charge in [0, 0.05) is 0 Å². The van der Waals surface area contributed by atoms with Crippen molar-refractivity contribution in [3.63, 3.8) is 0 Å². The number of nitrogens with zero attached hydrogens (tertiary/aromatic N) is 3. The molecule has 0 spiro atoms. The molecule has 0 radical (unpaired) electrons. The molecule has 0 aliphatic rings. The van der Waals surface area contributed by atoms with Crippen LogP contribution in [0.15, 0.2) is 43.0 Å². The second kappa shape index (κ2) is 4.36. The number of benzene rings is 1. The summed E-state index contributed by atoms with van der Waals surface area (Å²) in [6.07, 6.45) is 2.88. The van der Waals surface area contributed by atoms with Crippen LogP contribution < -0.4 is 4.84 Å². The molecule has 0 saturated carbocycles. The topological polar surface area (TPSA) is 57.0 Å². The Bertz CT molecular complexity index is 425. The Morgan fingerprint density at radius 3 is 2.53 bits per heavy atom. The molecule has 76 valence electrons. The fraction of sp³-hybridized carbons (Fsp3) is 0.100. The van der Waals surface area contributed by atoms with Crippen molar-refractivity contribution >= 4 is 5.97 Å². The lowest BCUT2D eigenvalue weighted by Crippen LogP contribution is -2.20. The molecule has 5 nitrogen and oxygen atoms in total. The molecule has 0 aliphatic heterocycles. The van der Waals surface area contributed by atoms with E-state index >= 15 is 0 Å². The minimum absolute atomic E-state index is 0.235. The summed E-state index contributed by atoms with van der Waals surface area (Å²) in [5, 5.41) is 7.04. The molecule has 5 heteroatoms. The van der Waals surface area contributed by atoms with Gasteiger partial charge in [-0.15, -0.1) is 14.9 Å². The molecule has 1 heterocycles. The van der Waals surface area contributed by atoms with Crippen LogP contribution in [0.5, 0.6) is 0 Å². The van der Waals surface area contributed by atoms with Crippen molar-refractivity contribution in [3.8, 4) is 0 Å². The fourth-order valence-electron chi connectivity index (χ4n) is 1.15. The number of carbonyl (C=O) groups excluding carboxylic acids is 1. The SMILES string of the molecule is O=C(Cc1ccccc1)On1cnnc1. The lowest BCUT2D eigenvalue weighted by atomic mass is 10.2. The molecule has 0 atom stereocenters. The van der Waals surface area contributed by atoms with Gasteiger partial charge in [0.1, 0.15) is 0 Å². The highest BCUT2D eigenvalue weighted by Gasteiger charge is 2.05. The molecule has 1 aromatic heterocycles. The summed E-state index contributed by atoms with van der Waals surface area (Å²) in [4.78, 5) is 16.3. The molecule has 0 amide bonds. The Kier molecular flexibility index (Phi) is 2.73.